The number of nitrogens with zero attached hydrogens (tertiary/aromatic N) is 7. The third-order valence-electron chi connectivity index (χ3n) is 4.60. The molecule has 124 valence electrons. The second-order valence-electron chi connectivity index (χ2n) is 6.17. The molecule has 1 saturated heterocycles. The van der Waals surface area contributed by atoms with Gasteiger partial charge in [-0.2, -0.15) is 0 Å². The summed E-state index contributed by atoms with van der Waals surface area (Å²) in [6, 6.07) is 2.40. The summed E-state index contributed by atoms with van der Waals surface area (Å²) >= 11 is 0. The van der Waals surface area contributed by atoms with E-state index in [2.05, 4.69) is 46.8 Å². The molecule has 3 aromatic heterocycles. The molecule has 0 amide bonds. The zero-order valence-electron chi connectivity index (χ0n) is 13.8. The first-order valence-electron chi connectivity index (χ1n) is 8.13. The number of anilines is 2. The molecule has 0 spiro atoms. The van der Waals surface area contributed by atoms with Crippen molar-refractivity contribution in [3.05, 3.63) is 30.7 Å². The molecule has 0 bridgehead atoms. The lowest BCUT2D eigenvalue weighted by Crippen LogP contribution is -2.47. The molecule has 8 heteroatoms. The third-order valence-corrected chi connectivity index (χ3v) is 4.60. The number of aryl methyl sites for hydroxylation is 1. The summed E-state index contributed by atoms with van der Waals surface area (Å²) in [5.74, 6) is 1.89. The van der Waals surface area contributed by atoms with Gasteiger partial charge in [-0.3, -0.25) is 0 Å². The second kappa shape index (κ2) is 6.03. The van der Waals surface area contributed by atoms with Gasteiger partial charge in [-0.1, -0.05) is 0 Å². The number of likely N-dealkylation sites (N-methyl/N-ethyl adjacent to an activating group) is 1. The maximum atomic E-state index is 4.48. The molecule has 1 aliphatic rings. The minimum atomic E-state index is 0.376. The van der Waals surface area contributed by atoms with Crippen molar-refractivity contribution < 1.29 is 0 Å². The molecule has 0 saturated carbocycles. The van der Waals surface area contributed by atoms with Gasteiger partial charge in [0.05, 0.1) is 6.33 Å². The summed E-state index contributed by atoms with van der Waals surface area (Å²) in [4.78, 5) is 29.2. The van der Waals surface area contributed by atoms with E-state index in [0.717, 1.165) is 48.8 Å². The first-order valence-corrected chi connectivity index (χ1v) is 8.13. The maximum Gasteiger partial charge on any atom is 0.182 e. The first kappa shape index (κ1) is 14.8. The summed E-state index contributed by atoms with van der Waals surface area (Å²) in [6.07, 6.45) is 7.12. The molecule has 1 fully saturated rings. The quantitative estimate of drug-likeness (QED) is 0.782. The van der Waals surface area contributed by atoms with Crippen molar-refractivity contribution in [2.45, 2.75) is 25.8 Å². The average molecular weight is 324 g/mol. The van der Waals surface area contributed by atoms with Crippen molar-refractivity contribution in [3.8, 4) is 0 Å². The average Bonchev–Trinajstić information content (AvgIpc) is 3.10. The lowest BCUT2D eigenvalue weighted by molar-refractivity contribution is 0.484. The van der Waals surface area contributed by atoms with Crippen LogP contribution < -0.4 is 9.80 Å². The summed E-state index contributed by atoms with van der Waals surface area (Å²) < 4.78 is 0. The Morgan fingerprint density at radius 2 is 2.04 bits per heavy atom. The molecule has 1 N–H and O–H groups in total. The van der Waals surface area contributed by atoms with E-state index in [4.69, 9.17) is 0 Å². The van der Waals surface area contributed by atoms with E-state index in [1.165, 1.54) is 0 Å². The van der Waals surface area contributed by atoms with Crippen molar-refractivity contribution in [2.75, 3.05) is 29.9 Å². The monoisotopic (exact) mass is 324 g/mol. The van der Waals surface area contributed by atoms with Crippen LogP contribution in [-0.2, 0) is 0 Å². The van der Waals surface area contributed by atoms with Crippen LogP contribution in [0, 0.1) is 6.92 Å². The number of hydrogen-bond donors (Lipinski definition) is 1. The highest BCUT2D eigenvalue weighted by molar-refractivity contribution is 5.82. The Morgan fingerprint density at radius 3 is 2.92 bits per heavy atom. The van der Waals surface area contributed by atoms with Crippen molar-refractivity contribution in [3.63, 3.8) is 0 Å². The Labute approximate surface area is 140 Å². The van der Waals surface area contributed by atoms with Gasteiger partial charge in [0, 0.05) is 37.9 Å². The first-order chi connectivity index (χ1) is 11.7. The molecule has 24 heavy (non-hydrogen) atoms. The standard InChI is InChI=1S/C16H20N8/c1-11-6-13(18-8-17-11)23(2)12-4-3-5-24(7-12)16-14-15(20-9-19-14)21-10-22-16/h6,8-10,12H,3-5,7H2,1-2H3,(H,19,20,21,22). The molecule has 4 heterocycles. The number of imidazole rings is 1. The zero-order valence-corrected chi connectivity index (χ0v) is 13.8. The number of rotatable bonds is 3. The molecule has 0 aromatic carbocycles. The molecule has 1 unspecified atom stereocenters. The summed E-state index contributed by atoms with van der Waals surface area (Å²) in [5, 5.41) is 0. The summed E-state index contributed by atoms with van der Waals surface area (Å²) in [7, 11) is 2.10. The number of hydrogen-bond acceptors (Lipinski definition) is 7. The molecule has 1 atom stereocenters. The second-order valence-corrected chi connectivity index (χ2v) is 6.17. The predicted octanol–water partition coefficient (Wildman–Crippen LogP) is 1.56. The van der Waals surface area contributed by atoms with Crippen LogP contribution in [0.2, 0.25) is 0 Å². The molecular formula is C16H20N8. The Hall–Kier alpha value is -2.77. The molecule has 0 radical (unpaired) electrons. The van der Waals surface area contributed by atoms with Crippen molar-refractivity contribution in [2.24, 2.45) is 0 Å². The molecular weight excluding hydrogens is 304 g/mol. The maximum absolute atomic E-state index is 4.48. The van der Waals surface area contributed by atoms with E-state index in [9.17, 15) is 0 Å². The Bertz CT molecular complexity index is 845. The Kier molecular flexibility index (Phi) is 3.72. The van der Waals surface area contributed by atoms with Gasteiger partial charge in [0.2, 0.25) is 0 Å². The van der Waals surface area contributed by atoms with Crippen LogP contribution in [0.1, 0.15) is 18.5 Å². The smallest absolute Gasteiger partial charge is 0.182 e. The van der Waals surface area contributed by atoms with Crippen LogP contribution in [0.15, 0.2) is 25.0 Å². The van der Waals surface area contributed by atoms with Crippen molar-refractivity contribution in [1.82, 2.24) is 29.9 Å². The fourth-order valence-electron chi connectivity index (χ4n) is 3.28. The van der Waals surface area contributed by atoms with E-state index in [-0.39, 0.29) is 0 Å². The highest BCUT2D eigenvalue weighted by atomic mass is 15.3. The van der Waals surface area contributed by atoms with Gasteiger partial charge < -0.3 is 14.8 Å². The lowest BCUT2D eigenvalue weighted by Gasteiger charge is -2.38. The molecule has 8 nitrogen and oxygen atoms in total. The van der Waals surface area contributed by atoms with Crippen LogP contribution in [0.5, 0.6) is 0 Å². The van der Waals surface area contributed by atoms with Crippen molar-refractivity contribution >= 4 is 22.8 Å². The van der Waals surface area contributed by atoms with E-state index in [1.54, 1.807) is 19.0 Å². The lowest BCUT2D eigenvalue weighted by atomic mass is 10.0. The van der Waals surface area contributed by atoms with Crippen molar-refractivity contribution in [1.29, 1.82) is 0 Å². The largest absolute Gasteiger partial charge is 0.355 e. The summed E-state index contributed by atoms with van der Waals surface area (Å²) in [5.41, 5.74) is 2.59. The number of aromatic amines is 1. The van der Waals surface area contributed by atoms with E-state index in [1.807, 2.05) is 13.0 Å². The Balaban J connectivity index is 1.58. The fraction of sp³-hybridized carbons (Fsp3) is 0.438. The van der Waals surface area contributed by atoms with E-state index < -0.39 is 0 Å². The van der Waals surface area contributed by atoms with Gasteiger partial charge >= 0.3 is 0 Å². The Morgan fingerprint density at radius 1 is 1.17 bits per heavy atom. The van der Waals surface area contributed by atoms with Gasteiger partial charge in [-0.25, -0.2) is 24.9 Å². The van der Waals surface area contributed by atoms with Crippen LogP contribution in [0.3, 0.4) is 0 Å². The minimum absolute atomic E-state index is 0.376. The van der Waals surface area contributed by atoms with Gasteiger partial charge in [0.25, 0.3) is 0 Å². The topological polar surface area (TPSA) is 86.7 Å². The number of piperidine rings is 1. The molecule has 1 aliphatic heterocycles. The van der Waals surface area contributed by atoms with Gasteiger partial charge in [0.15, 0.2) is 11.5 Å². The highest BCUT2D eigenvalue weighted by Gasteiger charge is 2.26. The number of nitrogens with one attached hydrogen (secondary N) is 1. The van der Waals surface area contributed by atoms with Gasteiger partial charge in [-0.15, -0.1) is 0 Å². The number of fused-ring (bicyclic) bond motifs is 1. The third kappa shape index (κ3) is 2.64. The van der Waals surface area contributed by atoms with Gasteiger partial charge in [-0.05, 0) is 19.8 Å². The normalized spacial score (nSPS) is 18.1. The zero-order chi connectivity index (χ0) is 16.5. The molecule has 4 rings (SSSR count). The van der Waals surface area contributed by atoms with E-state index in [0.29, 0.717) is 11.7 Å². The van der Waals surface area contributed by atoms with Crippen LogP contribution in [0.4, 0.5) is 11.6 Å². The van der Waals surface area contributed by atoms with Crippen LogP contribution >= 0.6 is 0 Å². The van der Waals surface area contributed by atoms with E-state index >= 15 is 0 Å². The van der Waals surface area contributed by atoms with Crippen LogP contribution in [0.25, 0.3) is 11.2 Å². The molecule has 3 aromatic rings. The SMILES string of the molecule is Cc1cc(N(C)C2CCCN(c3ncnc4nc[nH]c34)C2)ncn1. The summed E-state index contributed by atoms with van der Waals surface area (Å²) in [6.45, 7) is 3.87. The van der Waals surface area contributed by atoms with Crippen LogP contribution in [-0.4, -0.2) is 56.1 Å². The van der Waals surface area contributed by atoms with Gasteiger partial charge in [0.1, 0.15) is 24.0 Å². The highest BCUT2D eigenvalue weighted by Crippen LogP contribution is 2.26. The number of aromatic nitrogens is 6. The fourth-order valence-corrected chi connectivity index (χ4v) is 3.28. The predicted molar refractivity (Wildman–Crippen MR) is 92.1 cm³/mol. The minimum Gasteiger partial charge on any atom is -0.355 e. The number of H-pyrrole nitrogens is 1. The molecule has 0 aliphatic carbocycles.